The highest BCUT2D eigenvalue weighted by Crippen LogP contribution is 2.35. The van der Waals surface area contributed by atoms with E-state index < -0.39 is 0 Å². The van der Waals surface area contributed by atoms with Crippen molar-refractivity contribution >= 4 is 46.5 Å². The van der Waals surface area contributed by atoms with Gasteiger partial charge in [0.2, 0.25) is 5.95 Å². The molecule has 0 amide bonds. The third kappa shape index (κ3) is 6.03. The van der Waals surface area contributed by atoms with Gasteiger partial charge in [0.15, 0.2) is 5.11 Å². The Kier molecular flexibility index (Phi) is 8.13. The lowest BCUT2D eigenvalue weighted by molar-refractivity contribution is 0.0515. The largest absolute Gasteiger partial charge is 0.381 e. The molecular formula is C27H37ClN6OS. The first kappa shape index (κ1) is 25.5. The molecule has 0 unspecified atom stereocenters. The molecule has 2 aromatic rings. The Hall–Kier alpha value is -2.16. The Morgan fingerprint density at radius 1 is 1.06 bits per heavy atom. The van der Waals surface area contributed by atoms with Gasteiger partial charge >= 0.3 is 0 Å². The van der Waals surface area contributed by atoms with Crippen molar-refractivity contribution in [2.75, 3.05) is 61.1 Å². The number of piperidine rings is 1. The molecule has 0 spiro atoms. The number of benzene rings is 1. The van der Waals surface area contributed by atoms with Gasteiger partial charge in [-0.1, -0.05) is 30.7 Å². The molecule has 0 atom stereocenters. The molecule has 1 aromatic heterocycles. The van der Waals surface area contributed by atoms with E-state index in [1.807, 2.05) is 12.1 Å². The zero-order chi connectivity index (χ0) is 25.0. The fraction of sp³-hybridized carbons (Fsp3) is 0.593. The zero-order valence-corrected chi connectivity index (χ0v) is 22.7. The minimum Gasteiger partial charge on any atom is -0.381 e. The van der Waals surface area contributed by atoms with Crippen LogP contribution in [0.3, 0.4) is 0 Å². The van der Waals surface area contributed by atoms with Crippen LogP contribution in [0.25, 0.3) is 0 Å². The number of hydrogen-bond acceptors (Lipinski definition) is 6. The molecule has 9 heteroatoms. The Balaban J connectivity index is 1.31. The van der Waals surface area contributed by atoms with Crippen LogP contribution in [0.1, 0.15) is 51.0 Å². The summed E-state index contributed by atoms with van der Waals surface area (Å²) < 4.78 is 5.68. The molecule has 0 saturated carbocycles. The van der Waals surface area contributed by atoms with E-state index in [1.54, 1.807) is 0 Å². The number of rotatable bonds is 6. The van der Waals surface area contributed by atoms with Gasteiger partial charge in [-0.2, -0.15) is 9.97 Å². The normalized spacial score (nSPS) is 20.4. The third-order valence-corrected chi connectivity index (χ3v) is 8.42. The van der Waals surface area contributed by atoms with E-state index in [0.29, 0.717) is 17.6 Å². The van der Waals surface area contributed by atoms with Crippen molar-refractivity contribution in [1.29, 1.82) is 0 Å². The lowest BCUT2D eigenvalue weighted by Crippen LogP contribution is -2.45. The molecule has 36 heavy (non-hydrogen) atoms. The van der Waals surface area contributed by atoms with Gasteiger partial charge in [0.1, 0.15) is 11.6 Å². The molecule has 3 saturated heterocycles. The molecule has 194 valence electrons. The average Bonchev–Trinajstić information content (AvgIpc) is 3.44. The first-order valence-corrected chi connectivity index (χ1v) is 14.1. The summed E-state index contributed by atoms with van der Waals surface area (Å²) in [7, 11) is 0. The number of nitrogens with one attached hydrogen (secondary N) is 2. The quantitative estimate of drug-likeness (QED) is 0.508. The first-order valence-electron chi connectivity index (χ1n) is 13.3. The maximum absolute atomic E-state index is 6.34. The van der Waals surface area contributed by atoms with Crippen molar-refractivity contribution in [2.24, 2.45) is 5.92 Å². The Labute approximate surface area is 225 Å². The molecule has 4 heterocycles. The van der Waals surface area contributed by atoms with Gasteiger partial charge in [-0.3, -0.25) is 0 Å². The summed E-state index contributed by atoms with van der Waals surface area (Å²) in [6.07, 6.45) is 6.64. The number of hydrogen-bond donors (Lipinski definition) is 2. The van der Waals surface area contributed by atoms with E-state index in [1.165, 1.54) is 31.2 Å². The van der Waals surface area contributed by atoms with Crippen molar-refractivity contribution in [2.45, 2.75) is 50.9 Å². The Morgan fingerprint density at radius 2 is 1.72 bits per heavy atom. The summed E-state index contributed by atoms with van der Waals surface area (Å²) in [5.74, 6) is 3.31. The summed E-state index contributed by atoms with van der Waals surface area (Å²) in [4.78, 5) is 14.5. The Morgan fingerprint density at radius 3 is 2.39 bits per heavy atom. The molecule has 3 aliphatic rings. The Bertz CT molecular complexity index is 1050. The van der Waals surface area contributed by atoms with Crippen molar-refractivity contribution in [3.05, 3.63) is 40.9 Å². The molecule has 1 aromatic carbocycles. The van der Waals surface area contributed by atoms with E-state index in [4.69, 9.17) is 38.5 Å². The number of anilines is 3. The number of ether oxygens (including phenoxy) is 1. The van der Waals surface area contributed by atoms with Gasteiger partial charge in [-0.25, -0.2) is 0 Å². The van der Waals surface area contributed by atoms with E-state index in [-0.39, 0.29) is 5.41 Å². The second-order valence-corrected chi connectivity index (χ2v) is 11.3. The first-order chi connectivity index (χ1) is 17.5. The van der Waals surface area contributed by atoms with E-state index in [0.717, 1.165) is 74.8 Å². The van der Waals surface area contributed by atoms with Crippen molar-refractivity contribution in [1.82, 2.24) is 15.3 Å². The molecule has 5 rings (SSSR count). The fourth-order valence-electron chi connectivity index (χ4n) is 5.53. The highest BCUT2D eigenvalue weighted by atomic mass is 35.5. The maximum Gasteiger partial charge on any atom is 0.232 e. The van der Waals surface area contributed by atoms with Gasteiger partial charge in [-0.15, -0.1) is 0 Å². The van der Waals surface area contributed by atoms with Crippen LogP contribution in [-0.2, 0) is 10.2 Å². The van der Waals surface area contributed by atoms with Crippen LogP contribution in [0.2, 0.25) is 5.02 Å². The second-order valence-electron chi connectivity index (χ2n) is 10.5. The lowest BCUT2D eigenvalue weighted by atomic mass is 9.74. The van der Waals surface area contributed by atoms with Gasteiger partial charge in [0, 0.05) is 62.4 Å². The molecule has 0 bridgehead atoms. The molecule has 0 radical (unpaired) electrons. The van der Waals surface area contributed by atoms with Gasteiger partial charge in [-0.05, 0) is 74.4 Å². The van der Waals surface area contributed by atoms with E-state index in [2.05, 4.69) is 45.6 Å². The third-order valence-electron chi connectivity index (χ3n) is 7.94. The van der Waals surface area contributed by atoms with Crippen LogP contribution < -0.4 is 20.4 Å². The topological polar surface area (TPSA) is 65.5 Å². The van der Waals surface area contributed by atoms with Crippen LogP contribution in [-0.4, -0.2) is 61.0 Å². The highest BCUT2D eigenvalue weighted by Gasteiger charge is 2.35. The standard InChI is InChI=1S/C27H37ClN6OS/c1-20-7-13-34(14-8-20)24-18-23(33-11-2-3-12-33)30-25(31-24)32-26(36)29-19-27(9-15-35-16-10-27)21-5-4-6-22(28)17-21/h4-6,17-18,20H,2-3,7-16,19H2,1H3,(H2,29,30,31,32,36). The molecule has 0 aliphatic carbocycles. The molecular weight excluding hydrogens is 492 g/mol. The SMILES string of the molecule is CC1CCN(c2cc(N3CCCC3)nc(NC(=S)NCC3(c4cccc(Cl)c4)CCOCC3)n2)CC1. The molecule has 2 N–H and O–H groups in total. The lowest BCUT2D eigenvalue weighted by Gasteiger charge is -2.38. The predicted octanol–water partition coefficient (Wildman–Crippen LogP) is 5.00. The smallest absolute Gasteiger partial charge is 0.232 e. The summed E-state index contributed by atoms with van der Waals surface area (Å²) in [5, 5.41) is 8.07. The van der Waals surface area contributed by atoms with Crippen LogP contribution in [0, 0.1) is 5.92 Å². The molecule has 3 fully saturated rings. The van der Waals surface area contributed by atoms with Gasteiger partial charge < -0.3 is 25.2 Å². The summed E-state index contributed by atoms with van der Waals surface area (Å²) in [6, 6.07) is 10.3. The number of nitrogens with zero attached hydrogens (tertiary/aromatic N) is 4. The van der Waals surface area contributed by atoms with Crippen LogP contribution in [0.5, 0.6) is 0 Å². The van der Waals surface area contributed by atoms with Crippen LogP contribution in [0.4, 0.5) is 17.6 Å². The van der Waals surface area contributed by atoms with Crippen molar-refractivity contribution in [3.63, 3.8) is 0 Å². The van der Waals surface area contributed by atoms with Crippen LogP contribution in [0.15, 0.2) is 30.3 Å². The zero-order valence-electron chi connectivity index (χ0n) is 21.1. The number of thiocarbonyl (C=S) groups is 1. The summed E-state index contributed by atoms with van der Waals surface area (Å²) in [6.45, 7) is 8.64. The number of halogens is 1. The molecule has 7 nitrogen and oxygen atoms in total. The van der Waals surface area contributed by atoms with Gasteiger partial charge in [0.25, 0.3) is 0 Å². The average molecular weight is 529 g/mol. The second kappa shape index (κ2) is 11.5. The molecule has 3 aliphatic heterocycles. The number of aromatic nitrogens is 2. The fourth-order valence-corrected chi connectivity index (χ4v) is 5.88. The minimum absolute atomic E-state index is 0.0806. The summed E-state index contributed by atoms with van der Waals surface area (Å²) in [5.41, 5.74) is 1.14. The van der Waals surface area contributed by atoms with E-state index >= 15 is 0 Å². The van der Waals surface area contributed by atoms with E-state index in [9.17, 15) is 0 Å². The summed E-state index contributed by atoms with van der Waals surface area (Å²) >= 11 is 12.1. The van der Waals surface area contributed by atoms with Crippen molar-refractivity contribution in [3.8, 4) is 0 Å². The van der Waals surface area contributed by atoms with Crippen LogP contribution >= 0.6 is 23.8 Å². The van der Waals surface area contributed by atoms with Crippen molar-refractivity contribution < 1.29 is 4.74 Å². The minimum atomic E-state index is -0.0806. The monoisotopic (exact) mass is 528 g/mol. The highest BCUT2D eigenvalue weighted by molar-refractivity contribution is 7.80. The predicted molar refractivity (Wildman–Crippen MR) is 151 cm³/mol. The van der Waals surface area contributed by atoms with Gasteiger partial charge in [0.05, 0.1) is 0 Å². The maximum atomic E-state index is 6.34.